The predicted octanol–water partition coefficient (Wildman–Crippen LogP) is 1.78. The van der Waals surface area contributed by atoms with Crippen molar-refractivity contribution >= 4 is 18.3 Å². The van der Waals surface area contributed by atoms with Crippen molar-refractivity contribution in [2.75, 3.05) is 19.6 Å². The van der Waals surface area contributed by atoms with Crippen LogP contribution in [0.1, 0.15) is 25.8 Å². The molecule has 1 atom stereocenters. The van der Waals surface area contributed by atoms with Crippen LogP contribution in [0, 0.1) is 0 Å². The Morgan fingerprint density at radius 3 is 2.55 bits per heavy atom. The Balaban J connectivity index is 0.00000361. The molecule has 0 saturated carbocycles. The molecule has 0 aliphatic rings. The summed E-state index contributed by atoms with van der Waals surface area (Å²) in [6.07, 6.45) is 0.946. The number of nitrogens with two attached hydrogens (primary N) is 1. The number of carbonyl (C=O) groups excluding carboxylic acids is 1. The summed E-state index contributed by atoms with van der Waals surface area (Å²) in [5, 5.41) is 2.98. The van der Waals surface area contributed by atoms with Gasteiger partial charge < -0.3 is 11.1 Å². The Kier molecular flexibility index (Phi) is 10.1. The fourth-order valence-electron chi connectivity index (χ4n) is 1.86. The third-order valence-electron chi connectivity index (χ3n) is 3.08. The van der Waals surface area contributed by atoms with Gasteiger partial charge in [0.2, 0.25) is 5.91 Å². The highest BCUT2D eigenvalue weighted by Crippen LogP contribution is 2.03. The van der Waals surface area contributed by atoms with Crippen LogP contribution < -0.4 is 11.1 Å². The van der Waals surface area contributed by atoms with Crippen LogP contribution in [0.25, 0.3) is 0 Å². The first-order valence-corrected chi connectivity index (χ1v) is 6.91. The molecule has 1 rings (SSSR count). The lowest BCUT2D eigenvalue weighted by atomic mass is 10.2. The number of rotatable bonds is 8. The lowest BCUT2D eigenvalue weighted by Crippen LogP contribution is -2.42. The Morgan fingerprint density at radius 1 is 1.35 bits per heavy atom. The largest absolute Gasteiger partial charge is 0.353 e. The van der Waals surface area contributed by atoms with Crippen LogP contribution in [0.5, 0.6) is 0 Å². The van der Waals surface area contributed by atoms with Crippen LogP contribution in [-0.4, -0.2) is 36.5 Å². The Bertz CT molecular complexity index is 373. The molecule has 0 radical (unpaired) electrons. The van der Waals surface area contributed by atoms with Crippen molar-refractivity contribution in [3.8, 4) is 0 Å². The zero-order chi connectivity index (χ0) is 14.1. The van der Waals surface area contributed by atoms with E-state index < -0.39 is 0 Å². The highest BCUT2D eigenvalue weighted by atomic mass is 35.5. The Morgan fingerprint density at radius 2 is 2.00 bits per heavy atom. The number of amides is 1. The molecule has 0 heterocycles. The van der Waals surface area contributed by atoms with E-state index in [4.69, 9.17) is 5.73 Å². The average Bonchev–Trinajstić information content (AvgIpc) is 2.39. The smallest absolute Gasteiger partial charge is 0.234 e. The van der Waals surface area contributed by atoms with Crippen molar-refractivity contribution in [2.45, 2.75) is 32.9 Å². The van der Waals surface area contributed by atoms with E-state index in [2.05, 4.69) is 29.3 Å². The fourth-order valence-corrected chi connectivity index (χ4v) is 1.86. The third kappa shape index (κ3) is 7.48. The molecule has 20 heavy (non-hydrogen) atoms. The summed E-state index contributed by atoms with van der Waals surface area (Å²) in [5.41, 5.74) is 6.81. The molecule has 4 nitrogen and oxygen atoms in total. The normalized spacial score (nSPS) is 11.8. The molecule has 1 aromatic carbocycles. The monoisotopic (exact) mass is 299 g/mol. The Hall–Kier alpha value is -1.10. The maximum absolute atomic E-state index is 11.9. The molecule has 3 N–H and O–H groups in total. The summed E-state index contributed by atoms with van der Waals surface area (Å²) in [5.74, 6) is 0.0683. The molecule has 0 fully saturated rings. The molecule has 0 aromatic heterocycles. The molecule has 0 spiro atoms. The molecule has 0 saturated heterocycles. The molecule has 1 amide bonds. The van der Waals surface area contributed by atoms with Crippen LogP contribution in [0.4, 0.5) is 0 Å². The zero-order valence-electron chi connectivity index (χ0n) is 12.3. The molecule has 0 aliphatic heterocycles. The highest BCUT2D eigenvalue weighted by molar-refractivity contribution is 5.85. The van der Waals surface area contributed by atoms with Crippen LogP contribution in [-0.2, 0) is 11.3 Å². The summed E-state index contributed by atoms with van der Waals surface area (Å²) >= 11 is 0. The summed E-state index contributed by atoms with van der Waals surface area (Å²) in [4.78, 5) is 14.0. The first kappa shape index (κ1) is 18.9. The maximum Gasteiger partial charge on any atom is 0.234 e. The van der Waals surface area contributed by atoms with Gasteiger partial charge in [-0.1, -0.05) is 37.3 Å². The van der Waals surface area contributed by atoms with Crippen LogP contribution in [0.15, 0.2) is 30.3 Å². The van der Waals surface area contributed by atoms with Gasteiger partial charge in [-0.2, -0.15) is 0 Å². The number of nitrogens with one attached hydrogen (secondary N) is 1. The van der Waals surface area contributed by atoms with E-state index in [0.717, 1.165) is 19.5 Å². The van der Waals surface area contributed by atoms with Gasteiger partial charge in [0, 0.05) is 25.7 Å². The lowest BCUT2D eigenvalue weighted by Gasteiger charge is -2.22. The van der Waals surface area contributed by atoms with Gasteiger partial charge in [0.1, 0.15) is 0 Å². The van der Waals surface area contributed by atoms with Crippen molar-refractivity contribution in [1.29, 1.82) is 0 Å². The van der Waals surface area contributed by atoms with Gasteiger partial charge in [-0.05, 0) is 18.9 Å². The summed E-state index contributed by atoms with van der Waals surface area (Å²) in [6.45, 7) is 6.52. The minimum absolute atomic E-state index is 0. The van der Waals surface area contributed by atoms with Gasteiger partial charge in [0.25, 0.3) is 0 Å². The zero-order valence-corrected chi connectivity index (χ0v) is 13.2. The number of halogens is 1. The molecule has 0 aliphatic carbocycles. The van der Waals surface area contributed by atoms with E-state index in [0.29, 0.717) is 13.1 Å². The van der Waals surface area contributed by atoms with Gasteiger partial charge in [-0.15, -0.1) is 12.4 Å². The molecule has 0 bridgehead atoms. The second kappa shape index (κ2) is 10.7. The Labute approximate surface area is 128 Å². The molecule has 1 unspecified atom stereocenters. The second-order valence-electron chi connectivity index (χ2n) is 4.86. The van der Waals surface area contributed by atoms with E-state index in [1.165, 1.54) is 5.56 Å². The number of nitrogens with zero attached hydrogens (tertiary/aromatic N) is 1. The quantitative estimate of drug-likeness (QED) is 0.769. The minimum atomic E-state index is 0. The molecule has 1 aromatic rings. The lowest BCUT2D eigenvalue weighted by molar-refractivity contribution is -0.123. The van der Waals surface area contributed by atoms with E-state index in [1.807, 2.05) is 25.1 Å². The van der Waals surface area contributed by atoms with E-state index >= 15 is 0 Å². The summed E-state index contributed by atoms with van der Waals surface area (Å²) in [6, 6.07) is 10.4. The topological polar surface area (TPSA) is 58.4 Å². The second-order valence-corrected chi connectivity index (χ2v) is 4.86. The predicted molar refractivity (Wildman–Crippen MR) is 85.9 cm³/mol. The van der Waals surface area contributed by atoms with E-state index in [-0.39, 0.29) is 24.4 Å². The van der Waals surface area contributed by atoms with E-state index in [9.17, 15) is 4.79 Å². The number of hydrogen-bond acceptors (Lipinski definition) is 3. The molecular formula is C15H26ClN3O. The van der Waals surface area contributed by atoms with Crippen molar-refractivity contribution in [3.63, 3.8) is 0 Å². The van der Waals surface area contributed by atoms with Gasteiger partial charge in [-0.25, -0.2) is 0 Å². The van der Waals surface area contributed by atoms with E-state index in [1.54, 1.807) is 0 Å². The van der Waals surface area contributed by atoms with Crippen LogP contribution in [0.3, 0.4) is 0 Å². The standard InChI is InChI=1S/C15H25N3O.ClH/c1-3-13(2)17-15(19)12-18(10-9-16)11-14-7-5-4-6-8-14;/h4-8,13H,3,9-12,16H2,1-2H3,(H,17,19);1H. The van der Waals surface area contributed by atoms with Gasteiger partial charge in [0.05, 0.1) is 6.54 Å². The van der Waals surface area contributed by atoms with Crippen LogP contribution in [0.2, 0.25) is 0 Å². The average molecular weight is 300 g/mol. The molecular weight excluding hydrogens is 274 g/mol. The summed E-state index contributed by atoms with van der Waals surface area (Å²) < 4.78 is 0. The number of carbonyl (C=O) groups is 1. The molecule has 114 valence electrons. The van der Waals surface area contributed by atoms with Gasteiger partial charge in [0.15, 0.2) is 0 Å². The van der Waals surface area contributed by atoms with Gasteiger partial charge in [-0.3, -0.25) is 9.69 Å². The van der Waals surface area contributed by atoms with Crippen LogP contribution >= 0.6 is 12.4 Å². The highest BCUT2D eigenvalue weighted by Gasteiger charge is 2.12. The van der Waals surface area contributed by atoms with Gasteiger partial charge >= 0.3 is 0 Å². The van der Waals surface area contributed by atoms with Crippen molar-refractivity contribution < 1.29 is 4.79 Å². The first-order valence-electron chi connectivity index (χ1n) is 6.91. The fraction of sp³-hybridized carbons (Fsp3) is 0.533. The van der Waals surface area contributed by atoms with Crippen molar-refractivity contribution in [2.24, 2.45) is 5.73 Å². The number of hydrogen-bond donors (Lipinski definition) is 2. The number of benzene rings is 1. The SMILES string of the molecule is CCC(C)NC(=O)CN(CCN)Cc1ccccc1.Cl. The first-order chi connectivity index (χ1) is 9.15. The van der Waals surface area contributed by atoms with Crippen molar-refractivity contribution in [3.05, 3.63) is 35.9 Å². The maximum atomic E-state index is 11.9. The molecule has 5 heteroatoms. The summed E-state index contributed by atoms with van der Waals surface area (Å²) in [7, 11) is 0. The third-order valence-corrected chi connectivity index (χ3v) is 3.08. The minimum Gasteiger partial charge on any atom is -0.353 e. The van der Waals surface area contributed by atoms with Crippen molar-refractivity contribution in [1.82, 2.24) is 10.2 Å².